The van der Waals surface area contributed by atoms with Crippen LogP contribution in [0.15, 0.2) is 30.3 Å². The van der Waals surface area contributed by atoms with Gasteiger partial charge in [0.2, 0.25) is 0 Å². The first-order valence-electron chi connectivity index (χ1n) is 11.1. The molecule has 3 fully saturated rings. The van der Waals surface area contributed by atoms with Gasteiger partial charge in [-0.2, -0.15) is 0 Å². The molecule has 1 saturated carbocycles. The second kappa shape index (κ2) is 9.22. The summed E-state index contributed by atoms with van der Waals surface area (Å²) < 4.78 is 0. The third-order valence-corrected chi connectivity index (χ3v) is 7.27. The van der Waals surface area contributed by atoms with E-state index in [0.717, 1.165) is 54.4 Å². The predicted octanol–water partition coefficient (Wildman–Crippen LogP) is 5.05. The Morgan fingerprint density at radius 2 is 1.72 bits per heavy atom. The fourth-order valence-electron chi connectivity index (χ4n) is 5.00. The molecule has 0 atom stereocenters. The molecule has 0 unspecified atom stereocenters. The number of carboxylic acid groups (broad SMARTS) is 1. The Morgan fingerprint density at radius 1 is 1.12 bits per heavy atom. The van der Waals surface area contributed by atoms with Crippen LogP contribution in [-0.2, 0) is 11.3 Å². The minimum atomic E-state index is -0.511. The average Bonchev–Trinajstić information content (AvgIpc) is 3.49. The van der Waals surface area contributed by atoms with Crippen LogP contribution in [0.3, 0.4) is 0 Å². The molecule has 2 aromatic rings. The zero-order valence-corrected chi connectivity index (χ0v) is 20.0. The molecule has 0 bridgehead atoms. The first kappa shape index (κ1) is 23.4. The van der Waals surface area contributed by atoms with E-state index in [4.69, 9.17) is 33.1 Å². The van der Waals surface area contributed by atoms with Crippen molar-refractivity contribution in [3.8, 4) is 0 Å². The van der Waals surface area contributed by atoms with Gasteiger partial charge in [-0.3, -0.25) is 9.69 Å². The average molecular weight is 477 g/mol. The number of aliphatic hydroxyl groups is 1. The van der Waals surface area contributed by atoms with E-state index in [0.29, 0.717) is 5.92 Å². The van der Waals surface area contributed by atoms with Crippen LogP contribution in [-0.4, -0.2) is 53.4 Å². The summed E-state index contributed by atoms with van der Waals surface area (Å²) >= 11 is 12.8. The number of likely N-dealkylation sites (tertiary alicyclic amines) is 1. The normalized spacial score (nSPS) is 20.1. The number of aryl methyl sites for hydroxylation is 1. The maximum atomic E-state index is 10.1. The lowest BCUT2D eigenvalue weighted by molar-refractivity contribution is -0.122. The van der Waals surface area contributed by atoms with Gasteiger partial charge in [0.25, 0.3) is 6.47 Å². The molecule has 2 heterocycles. The summed E-state index contributed by atoms with van der Waals surface area (Å²) in [5.41, 5.74) is 6.32. The largest absolute Gasteiger partial charge is 0.483 e. The van der Waals surface area contributed by atoms with E-state index in [9.17, 15) is 5.11 Å². The lowest BCUT2D eigenvalue weighted by Crippen LogP contribution is -2.59. The number of rotatable bonds is 5. The molecule has 5 nitrogen and oxygen atoms in total. The van der Waals surface area contributed by atoms with E-state index in [1.165, 1.54) is 29.5 Å². The lowest BCUT2D eigenvalue weighted by atomic mass is 9.85. The van der Waals surface area contributed by atoms with Gasteiger partial charge >= 0.3 is 0 Å². The minimum absolute atomic E-state index is 0.250. The van der Waals surface area contributed by atoms with Gasteiger partial charge in [0.15, 0.2) is 0 Å². The quantitative estimate of drug-likeness (QED) is 0.591. The van der Waals surface area contributed by atoms with Crippen LogP contribution in [0.4, 0.5) is 5.69 Å². The highest BCUT2D eigenvalue weighted by molar-refractivity contribution is 6.39. The number of hydrogen-bond donors (Lipinski definition) is 2. The summed E-state index contributed by atoms with van der Waals surface area (Å²) in [6, 6.07) is 10.6. The van der Waals surface area contributed by atoms with E-state index in [-0.39, 0.29) is 6.47 Å². The van der Waals surface area contributed by atoms with Gasteiger partial charge in [-0.15, -0.1) is 0 Å². The van der Waals surface area contributed by atoms with E-state index in [1.54, 1.807) is 5.56 Å². The van der Waals surface area contributed by atoms with Crippen molar-refractivity contribution in [1.29, 1.82) is 0 Å². The van der Waals surface area contributed by atoms with Gasteiger partial charge in [-0.25, -0.2) is 0 Å². The SMILES string of the molecule is Cc1cc(C2CN(c3c(Cl)cccc3Cl)C2)cc(C2CC2)c1CN1CC(C)(O)C1.O=CO. The molecule has 2 N–H and O–H groups in total. The first-order chi connectivity index (χ1) is 15.2. The zero-order chi connectivity index (χ0) is 23.0. The molecule has 5 rings (SSSR count). The first-order valence-corrected chi connectivity index (χ1v) is 11.8. The molecule has 2 saturated heterocycles. The van der Waals surface area contributed by atoms with Crippen LogP contribution < -0.4 is 4.90 Å². The molecule has 0 aromatic heterocycles. The topological polar surface area (TPSA) is 64.0 Å². The van der Waals surface area contributed by atoms with Crippen LogP contribution in [0.25, 0.3) is 0 Å². The number of nitrogens with zero attached hydrogens (tertiary/aromatic N) is 2. The number of anilines is 1. The van der Waals surface area contributed by atoms with Crippen LogP contribution in [0.5, 0.6) is 0 Å². The molecule has 2 aliphatic heterocycles. The molecule has 0 amide bonds. The van der Waals surface area contributed by atoms with Gasteiger partial charge < -0.3 is 15.1 Å². The van der Waals surface area contributed by atoms with Crippen molar-refractivity contribution >= 4 is 35.4 Å². The zero-order valence-electron chi connectivity index (χ0n) is 18.5. The highest BCUT2D eigenvalue weighted by Crippen LogP contribution is 2.46. The van der Waals surface area contributed by atoms with Gasteiger partial charge in [-0.1, -0.05) is 41.4 Å². The third kappa shape index (κ3) is 4.91. The second-order valence-electron chi connectivity index (χ2n) is 9.60. The third-order valence-electron chi connectivity index (χ3n) is 6.66. The van der Waals surface area contributed by atoms with Crippen molar-refractivity contribution in [2.75, 3.05) is 31.1 Å². The molecule has 0 spiro atoms. The predicted molar refractivity (Wildman–Crippen MR) is 129 cm³/mol. The van der Waals surface area contributed by atoms with Crippen LogP contribution in [0.2, 0.25) is 10.0 Å². The van der Waals surface area contributed by atoms with Crippen LogP contribution in [0.1, 0.15) is 53.9 Å². The Kier molecular flexibility index (Phi) is 6.73. The van der Waals surface area contributed by atoms with Gasteiger partial charge in [0, 0.05) is 38.6 Å². The van der Waals surface area contributed by atoms with E-state index < -0.39 is 5.60 Å². The maximum absolute atomic E-state index is 10.1. The molecule has 3 aliphatic rings. The maximum Gasteiger partial charge on any atom is 0.290 e. The molecule has 7 heteroatoms. The van der Waals surface area contributed by atoms with Crippen molar-refractivity contribution in [2.24, 2.45) is 0 Å². The van der Waals surface area contributed by atoms with Crippen LogP contribution >= 0.6 is 23.2 Å². The van der Waals surface area contributed by atoms with Crippen molar-refractivity contribution < 1.29 is 15.0 Å². The van der Waals surface area contributed by atoms with Crippen molar-refractivity contribution in [3.63, 3.8) is 0 Å². The Hall–Kier alpha value is -1.79. The van der Waals surface area contributed by atoms with Gasteiger partial charge in [0.1, 0.15) is 0 Å². The molecule has 172 valence electrons. The van der Waals surface area contributed by atoms with Crippen molar-refractivity contribution in [1.82, 2.24) is 4.90 Å². The number of hydrogen-bond acceptors (Lipinski definition) is 4. The summed E-state index contributed by atoms with van der Waals surface area (Å²) in [7, 11) is 0. The summed E-state index contributed by atoms with van der Waals surface area (Å²) in [5.74, 6) is 1.25. The Balaban J connectivity index is 0.000000775. The number of benzene rings is 2. The number of para-hydroxylation sites is 1. The standard InChI is InChI=1S/C24H28Cl2N2O.CH2O2/c1-15-8-17(18-10-28(11-18)23-21(25)4-3-5-22(23)26)9-19(16-6-7-16)20(15)12-27-13-24(2,29)14-27;2-1-3/h3-5,8-9,16,18,29H,6-7,10-14H2,1-2H3;1H,(H,2,3). The summed E-state index contributed by atoms with van der Waals surface area (Å²) in [6.45, 7) is 8.35. The molecule has 1 aliphatic carbocycles. The Labute approximate surface area is 199 Å². The highest BCUT2D eigenvalue weighted by Gasteiger charge is 2.38. The molecular formula is C25H30Cl2N2O3. The Bertz CT molecular complexity index is 973. The number of β-amino-alcohol motifs (C(OH)–C–C–N with tert-alkyl or cyclic N) is 1. The molecular weight excluding hydrogens is 447 g/mol. The fourth-order valence-corrected chi connectivity index (χ4v) is 5.64. The molecule has 32 heavy (non-hydrogen) atoms. The van der Waals surface area contributed by atoms with E-state index in [1.807, 2.05) is 25.1 Å². The van der Waals surface area contributed by atoms with Gasteiger partial charge in [-0.05, 0) is 67.0 Å². The van der Waals surface area contributed by atoms with E-state index >= 15 is 0 Å². The van der Waals surface area contributed by atoms with Gasteiger partial charge in [0.05, 0.1) is 21.3 Å². The number of halogens is 2. The summed E-state index contributed by atoms with van der Waals surface area (Å²) in [6.07, 6.45) is 2.61. The molecule has 0 radical (unpaired) electrons. The highest BCUT2D eigenvalue weighted by atomic mass is 35.5. The van der Waals surface area contributed by atoms with E-state index in [2.05, 4.69) is 28.9 Å². The summed E-state index contributed by atoms with van der Waals surface area (Å²) in [4.78, 5) is 13.0. The summed E-state index contributed by atoms with van der Waals surface area (Å²) in [5, 5.41) is 18.4. The minimum Gasteiger partial charge on any atom is -0.483 e. The smallest absolute Gasteiger partial charge is 0.290 e. The Morgan fingerprint density at radius 3 is 2.25 bits per heavy atom. The lowest BCUT2D eigenvalue weighted by Gasteiger charge is -2.45. The van der Waals surface area contributed by atoms with Crippen molar-refractivity contribution in [3.05, 3.63) is 62.6 Å². The fraction of sp³-hybridized carbons (Fsp3) is 0.480. The molecule has 2 aromatic carbocycles. The van der Waals surface area contributed by atoms with Crippen molar-refractivity contribution in [2.45, 2.75) is 50.7 Å². The number of carbonyl (C=O) groups is 1. The van der Waals surface area contributed by atoms with Crippen LogP contribution in [0, 0.1) is 6.92 Å². The second-order valence-corrected chi connectivity index (χ2v) is 10.4. The monoisotopic (exact) mass is 476 g/mol.